The van der Waals surface area contributed by atoms with E-state index in [4.69, 9.17) is 13.6 Å². The van der Waals surface area contributed by atoms with Gasteiger partial charge in [0.05, 0.1) is 4.92 Å². The molecule has 30 heavy (non-hydrogen) atoms. The number of nitro groups is 1. The van der Waals surface area contributed by atoms with E-state index in [1.165, 1.54) is 30.3 Å². The standard InChI is InChI=1S/C21H15N3O6/c1-13(19-22-23-20(30-19)15-5-3-2-4-6-15)28-21(25)18-12-11-17(29-18)14-7-9-16(10-8-14)24(26)27/h2-13H,1H3/t13-/m0/s1. The number of aromatic nitrogens is 2. The molecule has 0 spiro atoms. The zero-order valence-corrected chi connectivity index (χ0v) is 15.7. The molecule has 2 aromatic carbocycles. The van der Waals surface area contributed by atoms with Gasteiger partial charge in [-0.25, -0.2) is 4.79 Å². The number of furan rings is 1. The fourth-order valence-corrected chi connectivity index (χ4v) is 2.72. The van der Waals surface area contributed by atoms with E-state index in [9.17, 15) is 14.9 Å². The van der Waals surface area contributed by atoms with Crippen molar-refractivity contribution in [3.05, 3.63) is 88.5 Å². The van der Waals surface area contributed by atoms with E-state index in [1.807, 2.05) is 30.3 Å². The number of hydrogen-bond donors (Lipinski definition) is 0. The molecule has 0 fully saturated rings. The van der Waals surface area contributed by atoms with Crippen molar-refractivity contribution >= 4 is 11.7 Å². The SMILES string of the molecule is C[C@H](OC(=O)c1ccc(-c2ccc([N+](=O)[O-])cc2)o1)c1nnc(-c2ccccc2)o1. The molecular weight excluding hydrogens is 390 g/mol. The summed E-state index contributed by atoms with van der Waals surface area (Å²) in [6.07, 6.45) is -0.782. The molecule has 0 saturated carbocycles. The number of hydrogen-bond acceptors (Lipinski definition) is 8. The van der Waals surface area contributed by atoms with Gasteiger partial charge in [-0.15, -0.1) is 10.2 Å². The zero-order valence-electron chi connectivity index (χ0n) is 15.7. The van der Waals surface area contributed by atoms with Crippen LogP contribution >= 0.6 is 0 Å². The Kier molecular flexibility index (Phi) is 5.08. The molecule has 0 N–H and O–H groups in total. The van der Waals surface area contributed by atoms with Crippen LogP contribution in [0.1, 0.15) is 29.5 Å². The molecule has 150 valence electrons. The quantitative estimate of drug-likeness (QED) is 0.254. The summed E-state index contributed by atoms with van der Waals surface area (Å²) in [7, 11) is 0. The Morgan fingerprint density at radius 1 is 0.967 bits per heavy atom. The normalized spacial score (nSPS) is 11.8. The number of nitro benzene ring substituents is 1. The van der Waals surface area contributed by atoms with Crippen LogP contribution in [0.2, 0.25) is 0 Å². The summed E-state index contributed by atoms with van der Waals surface area (Å²) in [6.45, 7) is 1.61. The van der Waals surface area contributed by atoms with Crippen molar-refractivity contribution in [2.24, 2.45) is 0 Å². The van der Waals surface area contributed by atoms with Gasteiger partial charge in [-0.2, -0.15) is 0 Å². The Labute approximate surface area is 170 Å². The maximum absolute atomic E-state index is 12.4. The highest BCUT2D eigenvalue weighted by Crippen LogP contribution is 2.27. The predicted molar refractivity (Wildman–Crippen MR) is 104 cm³/mol. The fourth-order valence-electron chi connectivity index (χ4n) is 2.72. The molecule has 0 aliphatic rings. The second-order valence-electron chi connectivity index (χ2n) is 6.33. The molecule has 2 aromatic heterocycles. The summed E-state index contributed by atoms with van der Waals surface area (Å²) in [5.41, 5.74) is 1.32. The van der Waals surface area contributed by atoms with Gasteiger partial charge < -0.3 is 13.6 Å². The lowest BCUT2D eigenvalue weighted by Gasteiger charge is -2.07. The molecule has 0 radical (unpaired) electrons. The first kappa shape index (κ1) is 19.1. The van der Waals surface area contributed by atoms with E-state index < -0.39 is 17.0 Å². The molecule has 9 heteroatoms. The summed E-state index contributed by atoms with van der Waals surface area (Å²) in [4.78, 5) is 22.7. The van der Waals surface area contributed by atoms with Crippen LogP contribution in [0.15, 0.2) is 75.6 Å². The highest BCUT2D eigenvalue weighted by atomic mass is 16.6. The first-order valence-corrected chi connectivity index (χ1v) is 8.96. The lowest BCUT2D eigenvalue weighted by atomic mass is 10.1. The minimum atomic E-state index is -0.782. The molecule has 4 rings (SSSR count). The Hall–Kier alpha value is -4.27. The van der Waals surface area contributed by atoms with Crippen LogP contribution in [-0.2, 0) is 4.74 Å². The van der Waals surface area contributed by atoms with E-state index in [0.717, 1.165) is 5.56 Å². The minimum Gasteiger partial charge on any atom is -0.449 e. The van der Waals surface area contributed by atoms with Crippen molar-refractivity contribution in [2.45, 2.75) is 13.0 Å². The summed E-state index contributed by atoms with van der Waals surface area (Å²) >= 11 is 0. The van der Waals surface area contributed by atoms with Gasteiger partial charge in [0.25, 0.3) is 11.6 Å². The van der Waals surface area contributed by atoms with Gasteiger partial charge in [0.1, 0.15) is 5.76 Å². The maximum Gasteiger partial charge on any atom is 0.375 e. The van der Waals surface area contributed by atoms with Crippen molar-refractivity contribution in [2.75, 3.05) is 0 Å². The molecule has 0 saturated heterocycles. The average Bonchev–Trinajstić information content (AvgIpc) is 3.45. The topological polar surface area (TPSA) is 122 Å². The van der Waals surface area contributed by atoms with Gasteiger partial charge in [-0.3, -0.25) is 10.1 Å². The van der Waals surface area contributed by atoms with E-state index in [2.05, 4.69) is 10.2 Å². The number of carbonyl (C=O) groups excluding carboxylic acids is 1. The van der Waals surface area contributed by atoms with E-state index in [-0.39, 0.29) is 17.3 Å². The lowest BCUT2D eigenvalue weighted by Crippen LogP contribution is -2.08. The van der Waals surface area contributed by atoms with Crippen molar-refractivity contribution in [1.82, 2.24) is 10.2 Å². The number of esters is 1. The Morgan fingerprint density at radius 3 is 2.40 bits per heavy atom. The van der Waals surface area contributed by atoms with Gasteiger partial charge in [0.2, 0.25) is 11.7 Å². The van der Waals surface area contributed by atoms with Crippen molar-refractivity contribution in [3.63, 3.8) is 0 Å². The van der Waals surface area contributed by atoms with Crippen LogP contribution < -0.4 is 0 Å². The summed E-state index contributed by atoms with van der Waals surface area (Å²) < 4.78 is 16.5. The van der Waals surface area contributed by atoms with Crippen molar-refractivity contribution in [1.29, 1.82) is 0 Å². The molecule has 2 heterocycles. The van der Waals surface area contributed by atoms with Crippen molar-refractivity contribution < 1.29 is 23.3 Å². The molecule has 1 atom stereocenters. The molecule has 0 aliphatic heterocycles. The number of benzene rings is 2. The summed E-state index contributed by atoms with van der Waals surface area (Å²) in [6, 6.07) is 18.1. The van der Waals surface area contributed by atoms with Crippen LogP contribution in [-0.4, -0.2) is 21.1 Å². The Bertz CT molecular complexity index is 1180. The van der Waals surface area contributed by atoms with Gasteiger partial charge >= 0.3 is 5.97 Å². The number of carbonyl (C=O) groups is 1. The third-order valence-corrected chi connectivity index (χ3v) is 4.26. The molecular formula is C21H15N3O6. The molecule has 4 aromatic rings. The van der Waals surface area contributed by atoms with E-state index in [0.29, 0.717) is 17.2 Å². The fraction of sp³-hybridized carbons (Fsp3) is 0.0952. The summed E-state index contributed by atoms with van der Waals surface area (Å²) in [5.74, 6) is 0.151. The predicted octanol–water partition coefficient (Wildman–Crippen LogP) is 4.82. The monoisotopic (exact) mass is 405 g/mol. The lowest BCUT2D eigenvalue weighted by molar-refractivity contribution is -0.384. The van der Waals surface area contributed by atoms with Crippen LogP contribution in [0.3, 0.4) is 0 Å². The van der Waals surface area contributed by atoms with Crippen LogP contribution in [0, 0.1) is 10.1 Å². The van der Waals surface area contributed by atoms with Crippen LogP contribution in [0.25, 0.3) is 22.8 Å². The van der Waals surface area contributed by atoms with Gasteiger partial charge in [-0.1, -0.05) is 18.2 Å². The van der Waals surface area contributed by atoms with Crippen LogP contribution in [0.5, 0.6) is 0 Å². The summed E-state index contributed by atoms with van der Waals surface area (Å²) in [5, 5.41) is 18.7. The number of non-ortho nitro benzene ring substituents is 1. The second kappa shape index (κ2) is 8.00. The number of rotatable bonds is 6. The van der Waals surface area contributed by atoms with Gasteiger partial charge in [0.15, 0.2) is 6.10 Å². The van der Waals surface area contributed by atoms with E-state index >= 15 is 0 Å². The number of ether oxygens (including phenoxy) is 1. The molecule has 0 bridgehead atoms. The third-order valence-electron chi connectivity index (χ3n) is 4.26. The minimum absolute atomic E-state index is 0.0157. The second-order valence-corrected chi connectivity index (χ2v) is 6.33. The highest BCUT2D eigenvalue weighted by Gasteiger charge is 2.22. The zero-order chi connectivity index (χ0) is 21.1. The highest BCUT2D eigenvalue weighted by molar-refractivity contribution is 5.87. The molecule has 0 aliphatic carbocycles. The smallest absolute Gasteiger partial charge is 0.375 e. The molecule has 0 unspecified atom stereocenters. The van der Waals surface area contributed by atoms with E-state index in [1.54, 1.807) is 13.0 Å². The number of nitrogens with zero attached hydrogens (tertiary/aromatic N) is 3. The average molecular weight is 405 g/mol. The largest absolute Gasteiger partial charge is 0.449 e. The van der Waals surface area contributed by atoms with Gasteiger partial charge in [-0.05, 0) is 43.3 Å². The Balaban J connectivity index is 1.44. The molecule has 0 amide bonds. The first-order chi connectivity index (χ1) is 14.5. The first-order valence-electron chi connectivity index (χ1n) is 8.96. The van der Waals surface area contributed by atoms with Crippen LogP contribution in [0.4, 0.5) is 5.69 Å². The van der Waals surface area contributed by atoms with Gasteiger partial charge in [0, 0.05) is 23.3 Å². The Morgan fingerprint density at radius 2 is 1.70 bits per heavy atom. The van der Waals surface area contributed by atoms with Crippen molar-refractivity contribution in [3.8, 4) is 22.8 Å². The molecule has 9 nitrogen and oxygen atoms in total. The maximum atomic E-state index is 12.4. The third kappa shape index (κ3) is 3.95.